The van der Waals surface area contributed by atoms with Crippen molar-refractivity contribution in [2.75, 3.05) is 5.32 Å². The third kappa shape index (κ3) is 4.46. The summed E-state index contributed by atoms with van der Waals surface area (Å²) in [4.78, 5) is 35.9. The Bertz CT molecular complexity index is 767. The number of aryl methyl sites for hydroxylation is 2. The lowest BCUT2D eigenvalue weighted by Gasteiger charge is -2.07. The standard InChI is InChI=1S/C16H16N2O4S/c1-10-3-5-12(18(21)22)9-13(10)17-16(20)8-6-14(19)15-7-4-11(2)23-15/h3-5,7,9H,6,8H2,1-2H3,(H,17,20). The van der Waals surface area contributed by atoms with Crippen LogP contribution in [0.5, 0.6) is 0 Å². The summed E-state index contributed by atoms with van der Waals surface area (Å²) < 4.78 is 0. The zero-order valence-corrected chi connectivity index (χ0v) is 13.6. The normalized spacial score (nSPS) is 10.3. The largest absolute Gasteiger partial charge is 0.326 e. The van der Waals surface area contributed by atoms with E-state index in [4.69, 9.17) is 0 Å². The molecule has 2 aromatic rings. The first-order valence-electron chi connectivity index (χ1n) is 7.01. The molecule has 0 saturated carbocycles. The maximum absolute atomic E-state index is 12.0. The number of nitro groups is 1. The van der Waals surface area contributed by atoms with E-state index >= 15 is 0 Å². The summed E-state index contributed by atoms with van der Waals surface area (Å²) in [6.07, 6.45) is 0.150. The Kier molecular flexibility index (Phi) is 5.23. The second kappa shape index (κ2) is 7.15. The van der Waals surface area contributed by atoms with Crippen molar-refractivity contribution in [3.05, 3.63) is 55.8 Å². The highest BCUT2D eigenvalue weighted by Gasteiger charge is 2.14. The van der Waals surface area contributed by atoms with E-state index in [1.54, 1.807) is 19.1 Å². The number of amides is 1. The average Bonchev–Trinajstić information content (AvgIpc) is 2.93. The van der Waals surface area contributed by atoms with Gasteiger partial charge in [0.1, 0.15) is 0 Å². The van der Waals surface area contributed by atoms with Crippen LogP contribution in [0.2, 0.25) is 0 Å². The fourth-order valence-corrected chi connectivity index (χ4v) is 2.84. The van der Waals surface area contributed by atoms with Gasteiger partial charge in [-0.3, -0.25) is 19.7 Å². The molecule has 1 amide bonds. The number of nitrogens with zero attached hydrogens (tertiary/aromatic N) is 1. The molecule has 1 N–H and O–H groups in total. The maximum Gasteiger partial charge on any atom is 0.271 e. The molecule has 1 aromatic heterocycles. The van der Waals surface area contributed by atoms with Gasteiger partial charge in [0.05, 0.1) is 15.5 Å². The van der Waals surface area contributed by atoms with Gasteiger partial charge in [0.15, 0.2) is 5.78 Å². The molecule has 1 heterocycles. The van der Waals surface area contributed by atoms with Crippen molar-refractivity contribution in [2.24, 2.45) is 0 Å². The molecule has 1 aromatic carbocycles. The number of carbonyl (C=O) groups excluding carboxylic acids is 2. The van der Waals surface area contributed by atoms with Crippen molar-refractivity contribution in [2.45, 2.75) is 26.7 Å². The molecule has 0 saturated heterocycles. The number of carbonyl (C=O) groups is 2. The van der Waals surface area contributed by atoms with E-state index in [1.165, 1.54) is 23.5 Å². The Morgan fingerprint density at radius 3 is 2.52 bits per heavy atom. The third-order valence-corrected chi connectivity index (χ3v) is 4.34. The number of non-ortho nitro benzene ring substituents is 1. The van der Waals surface area contributed by atoms with Gasteiger partial charge in [0.2, 0.25) is 5.91 Å². The SMILES string of the molecule is Cc1ccc(C(=O)CCC(=O)Nc2cc([N+](=O)[O-])ccc2C)s1. The van der Waals surface area contributed by atoms with Crippen LogP contribution in [0.1, 0.15) is 33.0 Å². The maximum atomic E-state index is 12.0. The molecule has 0 spiro atoms. The number of ketones is 1. The molecule has 0 aliphatic heterocycles. The Balaban J connectivity index is 1.96. The fraction of sp³-hybridized carbons (Fsp3) is 0.250. The van der Waals surface area contributed by atoms with E-state index in [-0.39, 0.29) is 30.2 Å². The lowest BCUT2D eigenvalue weighted by Crippen LogP contribution is -2.14. The van der Waals surface area contributed by atoms with E-state index < -0.39 is 4.92 Å². The number of anilines is 1. The predicted octanol–water partition coefficient (Wildman–Crippen LogP) is 3.87. The molecule has 0 fully saturated rings. The summed E-state index contributed by atoms with van der Waals surface area (Å²) in [6, 6.07) is 7.90. The number of benzene rings is 1. The number of rotatable bonds is 6. The first-order valence-corrected chi connectivity index (χ1v) is 7.83. The number of hydrogen-bond acceptors (Lipinski definition) is 5. The lowest BCUT2D eigenvalue weighted by molar-refractivity contribution is -0.384. The summed E-state index contributed by atoms with van der Waals surface area (Å²) in [5.41, 5.74) is 1.03. The molecular weight excluding hydrogens is 316 g/mol. The molecule has 0 aliphatic rings. The first-order chi connectivity index (χ1) is 10.9. The third-order valence-electron chi connectivity index (χ3n) is 3.30. The lowest BCUT2D eigenvalue weighted by atomic mass is 10.1. The Morgan fingerprint density at radius 1 is 1.17 bits per heavy atom. The van der Waals surface area contributed by atoms with E-state index in [0.29, 0.717) is 10.6 Å². The van der Waals surface area contributed by atoms with Crippen molar-refractivity contribution < 1.29 is 14.5 Å². The minimum absolute atomic E-state index is 0.0396. The van der Waals surface area contributed by atoms with Gasteiger partial charge in [-0.15, -0.1) is 11.3 Å². The zero-order valence-electron chi connectivity index (χ0n) is 12.8. The molecule has 0 bridgehead atoms. The minimum Gasteiger partial charge on any atom is -0.326 e. The van der Waals surface area contributed by atoms with Crippen molar-refractivity contribution in [3.63, 3.8) is 0 Å². The van der Waals surface area contributed by atoms with E-state index in [0.717, 1.165) is 10.4 Å². The summed E-state index contributed by atoms with van der Waals surface area (Å²) in [6.45, 7) is 3.66. The second-order valence-corrected chi connectivity index (χ2v) is 6.43. The van der Waals surface area contributed by atoms with Gasteiger partial charge in [-0.05, 0) is 31.5 Å². The molecule has 23 heavy (non-hydrogen) atoms. The Labute approximate surface area is 137 Å². The average molecular weight is 332 g/mol. The highest BCUT2D eigenvalue weighted by atomic mass is 32.1. The highest BCUT2D eigenvalue weighted by molar-refractivity contribution is 7.14. The van der Waals surface area contributed by atoms with Crippen molar-refractivity contribution in [3.8, 4) is 0 Å². The van der Waals surface area contributed by atoms with E-state index in [9.17, 15) is 19.7 Å². The van der Waals surface area contributed by atoms with Crippen LogP contribution in [-0.2, 0) is 4.79 Å². The van der Waals surface area contributed by atoms with E-state index in [2.05, 4.69) is 5.32 Å². The van der Waals surface area contributed by atoms with Crippen LogP contribution >= 0.6 is 11.3 Å². The quantitative estimate of drug-likeness (QED) is 0.494. The molecule has 0 unspecified atom stereocenters. The fourth-order valence-electron chi connectivity index (χ4n) is 2.01. The smallest absolute Gasteiger partial charge is 0.271 e. The van der Waals surface area contributed by atoms with Crippen LogP contribution < -0.4 is 5.32 Å². The first kappa shape index (κ1) is 16.8. The second-order valence-electron chi connectivity index (χ2n) is 5.14. The predicted molar refractivity (Wildman–Crippen MR) is 89.1 cm³/mol. The zero-order chi connectivity index (χ0) is 17.0. The molecule has 7 heteroatoms. The molecule has 0 atom stereocenters. The topological polar surface area (TPSA) is 89.3 Å². The molecule has 2 rings (SSSR count). The molecule has 6 nitrogen and oxygen atoms in total. The van der Waals surface area contributed by atoms with Crippen LogP contribution in [0, 0.1) is 24.0 Å². The number of Topliss-reactive ketones (excluding diaryl/α,β-unsaturated/α-hetero) is 1. The molecule has 120 valence electrons. The summed E-state index contributed by atoms with van der Waals surface area (Å²) >= 11 is 1.40. The summed E-state index contributed by atoms with van der Waals surface area (Å²) in [7, 11) is 0. The summed E-state index contributed by atoms with van der Waals surface area (Å²) in [5, 5.41) is 13.4. The van der Waals surface area contributed by atoms with Gasteiger partial charge in [0.25, 0.3) is 5.69 Å². The van der Waals surface area contributed by atoms with E-state index in [1.807, 2.05) is 13.0 Å². The van der Waals surface area contributed by atoms with Crippen molar-refractivity contribution >= 4 is 34.4 Å². The van der Waals surface area contributed by atoms with Gasteiger partial charge < -0.3 is 5.32 Å². The molecule has 0 aliphatic carbocycles. The number of nitro benzene ring substituents is 1. The van der Waals surface area contributed by atoms with Gasteiger partial charge in [-0.2, -0.15) is 0 Å². The highest BCUT2D eigenvalue weighted by Crippen LogP contribution is 2.22. The van der Waals surface area contributed by atoms with Crippen LogP contribution in [-0.4, -0.2) is 16.6 Å². The Hall–Kier alpha value is -2.54. The van der Waals surface area contributed by atoms with Gasteiger partial charge in [-0.25, -0.2) is 0 Å². The van der Waals surface area contributed by atoms with Crippen molar-refractivity contribution in [1.82, 2.24) is 0 Å². The van der Waals surface area contributed by atoms with Crippen LogP contribution in [0.15, 0.2) is 30.3 Å². The molecule has 0 radical (unpaired) electrons. The van der Waals surface area contributed by atoms with Crippen LogP contribution in [0.4, 0.5) is 11.4 Å². The number of nitrogens with one attached hydrogen (secondary N) is 1. The van der Waals surface area contributed by atoms with Gasteiger partial charge >= 0.3 is 0 Å². The van der Waals surface area contributed by atoms with Gasteiger partial charge in [0, 0.05) is 29.9 Å². The number of hydrogen-bond donors (Lipinski definition) is 1. The minimum atomic E-state index is -0.516. The number of thiophene rings is 1. The molecular formula is C16H16N2O4S. The van der Waals surface area contributed by atoms with Crippen LogP contribution in [0.3, 0.4) is 0 Å². The summed E-state index contributed by atoms with van der Waals surface area (Å²) in [5.74, 6) is -0.413. The van der Waals surface area contributed by atoms with Crippen molar-refractivity contribution in [1.29, 1.82) is 0 Å². The van der Waals surface area contributed by atoms with Crippen LogP contribution in [0.25, 0.3) is 0 Å². The Morgan fingerprint density at radius 2 is 1.91 bits per heavy atom. The monoisotopic (exact) mass is 332 g/mol. The van der Waals surface area contributed by atoms with Gasteiger partial charge in [-0.1, -0.05) is 6.07 Å².